The number of aliphatic imine (C=N–C) groups is 1. The topological polar surface area (TPSA) is 55.5 Å². The zero-order chi connectivity index (χ0) is 17.4. The van der Waals surface area contributed by atoms with Crippen LogP contribution in [0, 0.1) is 6.92 Å². The third-order valence-electron chi connectivity index (χ3n) is 4.25. The summed E-state index contributed by atoms with van der Waals surface area (Å²) < 4.78 is 0. The van der Waals surface area contributed by atoms with Gasteiger partial charge in [0, 0.05) is 36.7 Å². The normalized spacial score (nSPS) is 12.1. The summed E-state index contributed by atoms with van der Waals surface area (Å²) in [6.07, 6.45) is 3.09. The Labute approximate surface area is 145 Å². The SMILES string of the molecule is CCNC(=NCCN(C)CC)NCCc1c[nH]c2cc(C)ccc12. The predicted molar refractivity (Wildman–Crippen MR) is 104 cm³/mol. The average molecular weight is 329 g/mol. The van der Waals surface area contributed by atoms with Crippen molar-refractivity contribution in [2.45, 2.75) is 27.2 Å². The summed E-state index contributed by atoms with van der Waals surface area (Å²) >= 11 is 0. The molecule has 0 bridgehead atoms. The van der Waals surface area contributed by atoms with Crippen molar-refractivity contribution in [3.05, 3.63) is 35.5 Å². The van der Waals surface area contributed by atoms with Crippen LogP contribution in [-0.4, -0.2) is 55.6 Å². The van der Waals surface area contributed by atoms with Crippen molar-refractivity contribution in [1.29, 1.82) is 0 Å². The Kier molecular flexibility index (Phi) is 7.12. The Morgan fingerprint density at radius 1 is 1.25 bits per heavy atom. The van der Waals surface area contributed by atoms with Gasteiger partial charge in [-0.15, -0.1) is 0 Å². The molecule has 1 heterocycles. The molecule has 0 saturated carbocycles. The minimum absolute atomic E-state index is 0.812. The lowest BCUT2D eigenvalue weighted by Crippen LogP contribution is -2.38. The van der Waals surface area contributed by atoms with E-state index < -0.39 is 0 Å². The number of aromatic nitrogens is 1. The molecule has 1 aromatic carbocycles. The summed E-state index contributed by atoms with van der Waals surface area (Å²) in [4.78, 5) is 10.3. The summed E-state index contributed by atoms with van der Waals surface area (Å²) in [7, 11) is 2.12. The first kappa shape index (κ1) is 18.3. The van der Waals surface area contributed by atoms with E-state index in [1.54, 1.807) is 0 Å². The number of likely N-dealkylation sites (N-methyl/N-ethyl adjacent to an activating group) is 1. The molecule has 2 rings (SSSR count). The summed E-state index contributed by atoms with van der Waals surface area (Å²) in [5.41, 5.74) is 3.85. The number of aromatic amines is 1. The van der Waals surface area contributed by atoms with Gasteiger partial charge in [-0.2, -0.15) is 0 Å². The molecule has 0 fully saturated rings. The van der Waals surface area contributed by atoms with Gasteiger partial charge in [-0.25, -0.2) is 0 Å². The van der Waals surface area contributed by atoms with E-state index in [0.717, 1.165) is 45.1 Å². The van der Waals surface area contributed by atoms with Crippen molar-refractivity contribution in [2.75, 3.05) is 39.8 Å². The third-order valence-corrected chi connectivity index (χ3v) is 4.25. The molecule has 2 aromatic rings. The van der Waals surface area contributed by atoms with Gasteiger partial charge in [0.25, 0.3) is 0 Å². The molecule has 3 N–H and O–H groups in total. The summed E-state index contributed by atoms with van der Waals surface area (Å²) in [5.74, 6) is 0.901. The van der Waals surface area contributed by atoms with Crippen molar-refractivity contribution in [3.8, 4) is 0 Å². The van der Waals surface area contributed by atoms with E-state index in [2.05, 4.69) is 77.7 Å². The smallest absolute Gasteiger partial charge is 0.191 e. The van der Waals surface area contributed by atoms with Gasteiger partial charge in [0.2, 0.25) is 0 Å². The highest BCUT2D eigenvalue weighted by Gasteiger charge is 2.04. The van der Waals surface area contributed by atoms with E-state index in [9.17, 15) is 0 Å². The third kappa shape index (κ3) is 5.27. The molecule has 5 heteroatoms. The number of H-pyrrole nitrogens is 1. The van der Waals surface area contributed by atoms with Gasteiger partial charge in [0.1, 0.15) is 0 Å². The van der Waals surface area contributed by atoms with Crippen LogP contribution in [0.2, 0.25) is 0 Å². The van der Waals surface area contributed by atoms with E-state index >= 15 is 0 Å². The van der Waals surface area contributed by atoms with E-state index in [0.29, 0.717) is 0 Å². The maximum Gasteiger partial charge on any atom is 0.191 e. The maximum atomic E-state index is 4.64. The number of guanidine groups is 1. The second kappa shape index (κ2) is 9.33. The van der Waals surface area contributed by atoms with Crippen LogP contribution in [0.1, 0.15) is 25.0 Å². The quantitative estimate of drug-likeness (QED) is 0.515. The van der Waals surface area contributed by atoms with E-state index in [-0.39, 0.29) is 0 Å². The number of hydrogen-bond donors (Lipinski definition) is 3. The monoisotopic (exact) mass is 329 g/mol. The van der Waals surface area contributed by atoms with Gasteiger partial charge in [0.05, 0.1) is 6.54 Å². The molecule has 0 saturated heterocycles. The Morgan fingerprint density at radius 2 is 2.08 bits per heavy atom. The number of hydrogen-bond acceptors (Lipinski definition) is 2. The van der Waals surface area contributed by atoms with E-state index in [1.165, 1.54) is 22.0 Å². The highest BCUT2D eigenvalue weighted by atomic mass is 15.2. The molecular weight excluding hydrogens is 298 g/mol. The van der Waals surface area contributed by atoms with E-state index in [1.807, 2.05) is 0 Å². The van der Waals surface area contributed by atoms with E-state index in [4.69, 9.17) is 0 Å². The van der Waals surface area contributed by atoms with Crippen LogP contribution in [-0.2, 0) is 6.42 Å². The second-order valence-corrected chi connectivity index (χ2v) is 6.20. The van der Waals surface area contributed by atoms with Crippen LogP contribution < -0.4 is 10.6 Å². The fourth-order valence-electron chi connectivity index (χ4n) is 2.65. The number of aryl methyl sites for hydroxylation is 1. The lowest BCUT2D eigenvalue weighted by molar-refractivity contribution is 0.363. The minimum Gasteiger partial charge on any atom is -0.361 e. The maximum absolute atomic E-state index is 4.64. The molecule has 24 heavy (non-hydrogen) atoms. The largest absolute Gasteiger partial charge is 0.361 e. The molecule has 1 aromatic heterocycles. The Morgan fingerprint density at radius 3 is 2.83 bits per heavy atom. The van der Waals surface area contributed by atoms with Crippen LogP contribution in [0.4, 0.5) is 0 Å². The zero-order valence-electron chi connectivity index (χ0n) is 15.4. The first-order chi connectivity index (χ1) is 11.6. The molecule has 0 spiro atoms. The molecule has 0 atom stereocenters. The highest BCUT2D eigenvalue weighted by Crippen LogP contribution is 2.19. The number of rotatable bonds is 8. The van der Waals surface area contributed by atoms with Crippen LogP contribution in [0.5, 0.6) is 0 Å². The number of fused-ring (bicyclic) bond motifs is 1. The van der Waals surface area contributed by atoms with Crippen molar-refractivity contribution in [2.24, 2.45) is 4.99 Å². The Balaban J connectivity index is 1.88. The fourth-order valence-corrected chi connectivity index (χ4v) is 2.65. The lowest BCUT2D eigenvalue weighted by atomic mass is 10.1. The molecule has 0 amide bonds. The Hall–Kier alpha value is -2.01. The summed E-state index contributed by atoms with van der Waals surface area (Å²) in [5, 5.41) is 8.06. The van der Waals surface area contributed by atoms with Crippen LogP contribution in [0.15, 0.2) is 29.4 Å². The average Bonchev–Trinajstić information content (AvgIpc) is 2.96. The highest BCUT2D eigenvalue weighted by molar-refractivity contribution is 5.84. The Bertz CT molecular complexity index is 659. The molecular formula is C19H31N5. The first-order valence-corrected chi connectivity index (χ1v) is 8.91. The van der Waals surface area contributed by atoms with Crippen LogP contribution in [0.3, 0.4) is 0 Å². The van der Waals surface area contributed by atoms with Crippen molar-refractivity contribution >= 4 is 16.9 Å². The van der Waals surface area contributed by atoms with Gasteiger partial charge in [0.15, 0.2) is 5.96 Å². The molecule has 0 unspecified atom stereocenters. The van der Waals surface area contributed by atoms with Crippen molar-refractivity contribution in [3.63, 3.8) is 0 Å². The second-order valence-electron chi connectivity index (χ2n) is 6.20. The summed E-state index contributed by atoms with van der Waals surface area (Å²) in [6, 6.07) is 6.57. The van der Waals surface area contributed by atoms with Gasteiger partial charge in [-0.1, -0.05) is 19.1 Å². The van der Waals surface area contributed by atoms with Crippen LogP contribution >= 0.6 is 0 Å². The standard InChI is InChI=1S/C19H31N5/c1-5-20-19(22-11-12-24(4)6-2)21-10-9-16-14-23-18-13-15(3)7-8-17(16)18/h7-8,13-14,23H,5-6,9-12H2,1-4H3,(H2,20,21,22). The lowest BCUT2D eigenvalue weighted by Gasteiger charge is -2.14. The summed E-state index contributed by atoms with van der Waals surface area (Å²) in [6.45, 7) is 11.0. The van der Waals surface area contributed by atoms with Gasteiger partial charge in [-0.3, -0.25) is 4.99 Å². The van der Waals surface area contributed by atoms with Gasteiger partial charge < -0.3 is 20.5 Å². The molecule has 132 valence electrons. The minimum atomic E-state index is 0.812. The molecule has 0 aliphatic carbocycles. The molecule has 0 aliphatic heterocycles. The van der Waals surface area contributed by atoms with Crippen LogP contribution in [0.25, 0.3) is 10.9 Å². The number of benzene rings is 1. The zero-order valence-corrected chi connectivity index (χ0v) is 15.4. The predicted octanol–water partition coefficient (Wildman–Crippen LogP) is 2.53. The number of nitrogens with zero attached hydrogens (tertiary/aromatic N) is 2. The van der Waals surface area contributed by atoms with Crippen molar-refractivity contribution < 1.29 is 0 Å². The number of nitrogens with one attached hydrogen (secondary N) is 3. The first-order valence-electron chi connectivity index (χ1n) is 8.91. The van der Waals surface area contributed by atoms with Gasteiger partial charge in [-0.05, 0) is 51.1 Å². The molecule has 5 nitrogen and oxygen atoms in total. The fraction of sp³-hybridized carbons (Fsp3) is 0.526. The molecule has 0 radical (unpaired) electrons. The van der Waals surface area contributed by atoms with Gasteiger partial charge >= 0.3 is 0 Å². The van der Waals surface area contributed by atoms with Crippen molar-refractivity contribution in [1.82, 2.24) is 20.5 Å². The molecule has 0 aliphatic rings.